The van der Waals surface area contributed by atoms with Gasteiger partial charge in [0.15, 0.2) is 0 Å². The van der Waals surface area contributed by atoms with Crippen LogP contribution in [0.25, 0.3) is 0 Å². The highest BCUT2D eigenvalue weighted by molar-refractivity contribution is 5.68. The SMILES string of the molecule is [CH2]CC(CC(C[CH2])NC(=O)OCCCC)NC(=O)OCCCC. The zero-order valence-corrected chi connectivity index (χ0v) is 14.6. The molecule has 0 aromatic carbocycles. The van der Waals surface area contributed by atoms with Crippen molar-refractivity contribution in [3.05, 3.63) is 13.8 Å². The summed E-state index contributed by atoms with van der Waals surface area (Å²) < 4.78 is 10.1. The van der Waals surface area contributed by atoms with Gasteiger partial charge in [-0.25, -0.2) is 9.59 Å². The third kappa shape index (κ3) is 11.7. The van der Waals surface area contributed by atoms with E-state index in [-0.39, 0.29) is 12.1 Å². The fourth-order valence-electron chi connectivity index (χ4n) is 1.88. The van der Waals surface area contributed by atoms with Crippen LogP contribution in [-0.4, -0.2) is 37.5 Å². The molecule has 2 atom stereocenters. The van der Waals surface area contributed by atoms with Crippen molar-refractivity contribution < 1.29 is 19.1 Å². The maximum Gasteiger partial charge on any atom is 0.407 e. The van der Waals surface area contributed by atoms with Crippen LogP contribution in [-0.2, 0) is 9.47 Å². The van der Waals surface area contributed by atoms with Crippen molar-refractivity contribution in [1.29, 1.82) is 0 Å². The lowest BCUT2D eigenvalue weighted by molar-refractivity contribution is 0.135. The third-order valence-electron chi connectivity index (χ3n) is 3.37. The van der Waals surface area contributed by atoms with Gasteiger partial charge in [0.05, 0.1) is 13.2 Å². The molecule has 0 heterocycles. The number of unbranched alkanes of at least 4 members (excludes halogenated alkanes) is 2. The normalized spacial score (nSPS) is 13.0. The summed E-state index contributed by atoms with van der Waals surface area (Å²) in [5, 5.41) is 5.54. The summed E-state index contributed by atoms with van der Waals surface area (Å²) in [6.07, 6.45) is 4.29. The van der Waals surface area contributed by atoms with Crippen LogP contribution in [0.4, 0.5) is 9.59 Å². The van der Waals surface area contributed by atoms with E-state index in [1.54, 1.807) is 0 Å². The maximum atomic E-state index is 11.7. The van der Waals surface area contributed by atoms with Crippen LogP contribution in [0.1, 0.15) is 58.8 Å². The fraction of sp³-hybridized carbons (Fsp3) is 0.765. The zero-order valence-electron chi connectivity index (χ0n) is 14.6. The van der Waals surface area contributed by atoms with Crippen molar-refractivity contribution in [2.45, 2.75) is 70.9 Å². The number of amides is 2. The highest BCUT2D eigenvalue weighted by Crippen LogP contribution is 2.07. The van der Waals surface area contributed by atoms with Gasteiger partial charge in [-0.1, -0.05) is 40.5 Å². The van der Waals surface area contributed by atoms with Crippen molar-refractivity contribution in [2.75, 3.05) is 13.2 Å². The first-order chi connectivity index (χ1) is 11.1. The Balaban J connectivity index is 4.17. The van der Waals surface area contributed by atoms with Gasteiger partial charge in [-0.15, -0.1) is 0 Å². The molecule has 0 aliphatic rings. The molecule has 0 fully saturated rings. The molecule has 2 unspecified atom stereocenters. The van der Waals surface area contributed by atoms with E-state index in [0.29, 0.717) is 32.5 Å². The van der Waals surface area contributed by atoms with E-state index in [9.17, 15) is 9.59 Å². The van der Waals surface area contributed by atoms with Crippen molar-refractivity contribution in [2.24, 2.45) is 0 Å². The molecule has 0 rings (SSSR count). The Labute approximate surface area is 140 Å². The summed E-state index contributed by atoms with van der Waals surface area (Å²) in [6, 6.07) is -0.348. The number of alkyl carbamates (subject to hydrolysis) is 2. The largest absolute Gasteiger partial charge is 0.450 e. The number of hydrogen-bond acceptors (Lipinski definition) is 4. The van der Waals surface area contributed by atoms with Gasteiger partial charge in [-0.05, 0) is 32.1 Å². The molecule has 2 radical (unpaired) electrons. The standard InChI is InChI=1S/C17H32N2O4/c1-5-9-11-22-16(20)18-14(7-3)13-15(8-4)19-17(21)23-12-10-6-2/h14-15H,3-13H2,1-2H3,(H,18,20)(H,19,21). The van der Waals surface area contributed by atoms with Crippen LogP contribution in [0.3, 0.4) is 0 Å². The number of ether oxygens (including phenoxy) is 2. The smallest absolute Gasteiger partial charge is 0.407 e. The Bertz CT molecular complexity index is 294. The van der Waals surface area contributed by atoms with Gasteiger partial charge in [-0.2, -0.15) is 0 Å². The molecule has 0 aliphatic carbocycles. The summed E-state index contributed by atoms with van der Waals surface area (Å²) in [6.45, 7) is 12.5. The van der Waals surface area contributed by atoms with Crippen LogP contribution in [0.5, 0.6) is 0 Å². The van der Waals surface area contributed by atoms with E-state index in [0.717, 1.165) is 25.7 Å². The summed E-state index contributed by atoms with van der Waals surface area (Å²) in [7, 11) is 0. The molecule has 6 heteroatoms. The molecule has 0 aromatic rings. The van der Waals surface area contributed by atoms with Crippen molar-refractivity contribution in [3.8, 4) is 0 Å². The molecule has 0 aliphatic heterocycles. The molecule has 0 saturated carbocycles. The first kappa shape index (κ1) is 21.5. The lowest BCUT2D eigenvalue weighted by Crippen LogP contribution is -2.43. The Hall–Kier alpha value is -1.46. The molecular weight excluding hydrogens is 296 g/mol. The first-order valence-electron chi connectivity index (χ1n) is 8.52. The Kier molecular flexibility index (Phi) is 13.3. The monoisotopic (exact) mass is 328 g/mol. The van der Waals surface area contributed by atoms with Gasteiger partial charge in [0.25, 0.3) is 0 Å². The third-order valence-corrected chi connectivity index (χ3v) is 3.37. The van der Waals surface area contributed by atoms with Crippen LogP contribution in [0, 0.1) is 13.8 Å². The number of carbonyl (C=O) groups is 2. The van der Waals surface area contributed by atoms with Crippen LogP contribution in [0.2, 0.25) is 0 Å². The van der Waals surface area contributed by atoms with E-state index in [1.165, 1.54) is 0 Å². The highest BCUT2D eigenvalue weighted by atomic mass is 16.6. The van der Waals surface area contributed by atoms with E-state index >= 15 is 0 Å². The molecule has 134 valence electrons. The van der Waals surface area contributed by atoms with Crippen molar-refractivity contribution in [1.82, 2.24) is 10.6 Å². The summed E-state index contributed by atoms with van der Waals surface area (Å²) in [4.78, 5) is 23.3. The lowest BCUT2D eigenvalue weighted by Gasteiger charge is -2.23. The highest BCUT2D eigenvalue weighted by Gasteiger charge is 2.18. The predicted molar refractivity (Wildman–Crippen MR) is 90.9 cm³/mol. The number of hydrogen-bond donors (Lipinski definition) is 2. The lowest BCUT2D eigenvalue weighted by atomic mass is 10.0. The first-order valence-corrected chi connectivity index (χ1v) is 8.52. The molecule has 0 spiro atoms. The molecule has 23 heavy (non-hydrogen) atoms. The second-order valence-electron chi connectivity index (χ2n) is 5.47. The van der Waals surface area contributed by atoms with Gasteiger partial charge in [0.2, 0.25) is 0 Å². The molecule has 0 bridgehead atoms. The molecule has 0 saturated heterocycles. The molecule has 6 nitrogen and oxygen atoms in total. The number of nitrogens with one attached hydrogen (secondary N) is 2. The molecule has 2 amide bonds. The average Bonchev–Trinajstić information content (AvgIpc) is 2.53. The Morgan fingerprint density at radius 2 is 1.26 bits per heavy atom. The Morgan fingerprint density at radius 3 is 1.57 bits per heavy atom. The van der Waals surface area contributed by atoms with Gasteiger partial charge in [0.1, 0.15) is 0 Å². The Morgan fingerprint density at radius 1 is 0.870 bits per heavy atom. The topological polar surface area (TPSA) is 76.7 Å². The van der Waals surface area contributed by atoms with Crippen LogP contribution >= 0.6 is 0 Å². The summed E-state index contributed by atoms with van der Waals surface area (Å²) in [5.74, 6) is 0. The second kappa shape index (κ2) is 14.2. The maximum absolute atomic E-state index is 11.7. The van der Waals surface area contributed by atoms with Gasteiger partial charge in [0, 0.05) is 12.1 Å². The van der Waals surface area contributed by atoms with Crippen LogP contribution < -0.4 is 10.6 Å². The van der Waals surface area contributed by atoms with Crippen molar-refractivity contribution in [3.63, 3.8) is 0 Å². The van der Waals surface area contributed by atoms with Gasteiger partial charge < -0.3 is 20.1 Å². The number of rotatable bonds is 12. The van der Waals surface area contributed by atoms with Gasteiger partial charge in [-0.3, -0.25) is 0 Å². The van der Waals surface area contributed by atoms with Crippen LogP contribution in [0.15, 0.2) is 0 Å². The van der Waals surface area contributed by atoms with E-state index < -0.39 is 12.2 Å². The predicted octanol–water partition coefficient (Wildman–Crippen LogP) is 3.61. The molecular formula is C17H32N2O4. The summed E-state index contributed by atoms with van der Waals surface area (Å²) >= 11 is 0. The second-order valence-corrected chi connectivity index (χ2v) is 5.47. The number of carbonyl (C=O) groups excluding carboxylic acids is 2. The minimum atomic E-state index is -0.444. The van der Waals surface area contributed by atoms with Gasteiger partial charge >= 0.3 is 12.2 Å². The summed E-state index contributed by atoms with van der Waals surface area (Å²) in [5.41, 5.74) is 0. The van der Waals surface area contributed by atoms with E-state index in [1.807, 2.05) is 13.8 Å². The van der Waals surface area contributed by atoms with Crippen molar-refractivity contribution >= 4 is 12.2 Å². The molecule has 2 N–H and O–H groups in total. The minimum Gasteiger partial charge on any atom is -0.450 e. The quantitative estimate of drug-likeness (QED) is 0.537. The van der Waals surface area contributed by atoms with E-state index in [4.69, 9.17) is 9.47 Å². The molecule has 0 aromatic heterocycles. The fourth-order valence-corrected chi connectivity index (χ4v) is 1.88. The van der Waals surface area contributed by atoms with E-state index in [2.05, 4.69) is 24.5 Å². The zero-order chi connectivity index (χ0) is 17.5. The minimum absolute atomic E-state index is 0.174. The average molecular weight is 328 g/mol.